The Balaban J connectivity index is 0.00000261. The number of rotatable bonds is 5. The highest BCUT2D eigenvalue weighted by Crippen LogP contribution is 2.18. The van der Waals surface area contributed by atoms with E-state index in [1.165, 1.54) is 12.1 Å². The van der Waals surface area contributed by atoms with Crippen molar-refractivity contribution in [1.82, 2.24) is 10.6 Å². The molecular weight excluding hydrogens is 386 g/mol. The van der Waals surface area contributed by atoms with E-state index in [4.69, 9.17) is 0 Å². The molecule has 0 spiro atoms. The Morgan fingerprint density at radius 2 is 1.85 bits per heavy atom. The van der Waals surface area contributed by atoms with Crippen LogP contribution in [0.15, 0.2) is 59.5 Å². The molecule has 6 nitrogen and oxygen atoms in total. The average Bonchev–Trinajstić information content (AvgIpc) is 2.64. The van der Waals surface area contributed by atoms with Crippen molar-refractivity contribution in [2.45, 2.75) is 24.3 Å². The van der Waals surface area contributed by atoms with Crippen LogP contribution in [-0.4, -0.2) is 33.5 Å². The summed E-state index contributed by atoms with van der Waals surface area (Å²) >= 11 is 0. The van der Waals surface area contributed by atoms with Gasteiger partial charge in [-0.3, -0.25) is 9.52 Å². The second kappa shape index (κ2) is 9.21. The molecule has 0 aromatic heterocycles. The molecule has 3 N–H and O–H groups in total. The maximum absolute atomic E-state index is 12.5. The zero-order chi connectivity index (χ0) is 18.6. The first-order valence-electron chi connectivity index (χ1n) is 8.65. The molecule has 1 fully saturated rings. The summed E-state index contributed by atoms with van der Waals surface area (Å²) in [7, 11) is -3.68. The minimum Gasteiger partial charge on any atom is -0.349 e. The Morgan fingerprint density at radius 1 is 1.11 bits per heavy atom. The van der Waals surface area contributed by atoms with Crippen molar-refractivity contribution >= 4 is 34.0 Å². The number of carbonyl (C=O) groups excluding carboxylic acids is 1. The molecule has 0 aliphatic carbocycles. The van der Waals surface area contributed by atoms with Crippen LogP contribution in [0.4, 0.5) is 5.69 Å². The summed E-state index contributed by atoms with van der Waals surface area (Å²) in [6.07, 6.45) is 0.882. The highest BCUT2D eigenvalue weighted by atomic mass is 35.5. The lowest BCUT2D eigenvalue weighted by molar-refractivity contribution is 0.0914. The highest BCUT2D eigenvalue weighted by Gasteiger charge is 2.23. The number of halogens is 1. The molecule has 2 aromatic rings. The molecule has 0 bridgehead atoms. The van der Waals surface area contributed by atoms with E-state index >= 15 is 0 Å². The van der Waals surface area contributed by atoms with Crippen molar-refractivity contribution in [3.05, 3.63) is 60.2 Å². The third-order valence-corrected chi connectivity index (χ3v) is 5.93. The maximum atomic E-state index is 12.5. The van der Waals surface area contributed by atoms with E-state index in [1.807, 2.05) is 0 Å². The van der Waals surface area contributed by atoms with Crippen LogP contribution in [-0.2, 0) is 10.0 Å². The molecular formula is C19H24ClN3O3S. The van der Waals surface area contributed by atoms with Crippen LogP contribution in [0, 0.1) is 5.92 Å². The molecule has 1 heterocycles. The van der Waals surface area contributed by atoms with Crippen LogP contribution < -0.4 is 15.4 Å². The molecule has 3 rings (SSSR count). The van der Waals surface area contributed by atoms with Crippen molar-refractivity contribution in [2.24, 2.45) is 5.92 Å². The average molecular weight is 410 g/mol. The summed E-state index contributed by atoms with van der Waals surface area (Å²) in [5.41, 5.74) is 0.795. The van der Waals surface area contributed by atoms with Crippen LogP contribution in [0.1, 0.15) is 23.7 Å². The lowest BCUT2D eigenvalue weighted by Gasteiger charge is -2.30. The van der Waals surface area contributed by atoms with Gasteiger partial charge in [0.05, 0.1) is 4.90 Å². The predicted octanol–water partition coefficient (Wildman–Crippen LogP) is 2.64. The van der Waals surface area contributed by atoms with Gasteiger partial charge < -0.3 is 10.6 Å². The van der Waals surface area contributed by atoms with E-state index in [9.17, 15) is 13.2 Å². The molecule has 1 aliphatic rings. The van der Waals surface area contributed by atoms with Gasteiger partial charge in [0, 0.05) is 17.3 Å². The number of nitrogens with one attached hydrogen (secondary N) is 3. The molecule has 0 saturated carbocycles. The first-order valence-corrected chi connectivity index (χ1v) is 10.1. The van der Waals surface area contributed by atoms with Crippen molar-refractivity contribution in [3.8, 4) is 0 Å². The van der Waals surface area contributed by atoms with Gasteiger partial charge in [0.15, 0.2) is 0 Å². The summed E-state index contributed by atoms with van der Waals surface area (Å²) in [5.74, 6) is 0.164. The van der Waals surface area contributed by atoms with E-state index in [2.05, 4.69) is 22.3 Å². The van der Waals surface area contributed by atoms with E-state index in [0.717, 1.165) is 19.5 Å². The largest absolute Gasteiger partial charge is 0.349 e. The van der Waals surface area contributed by atoms with Crippen molar-refractivity contribution in [2.75, 3.05) is 17.8 Å². The molecule has 0 radical (unpaired) electrons. The number of hydrogen-bond acceptors (Lipinski definition) is 4. The minimum atomic E-state index is -3.68. The van der Waals surface area contributed by atoms with Gasteiger partial charge in [-0.2, -0.15) is 0 Å². The fourth-order valence-electron chi connectivity index (χ4n) is 3.02. The molecule has 1 saturated heterocycles. The summed E-state index contributed by atoms with van der Waals surface area (Å²) in [6.45, 7) is 3.86. The van der Waals surface area contributed by atoms with Crippen LogP contribution in [0.25, 0.3) is 0 Å². The smallest absolute Gasteiger partial charge is 0.261 e. The highest BCUT2D eigenvalue weighted by molar-refractivity contribution is 7.92. The van der Waals surface area contributed by atoms with Crippen LogP contribution >= 0.6 is 12.4 Å². The third kappa shape index (κ3) is 5.45. The van der Waals surface area contributed by atoms with E-state index in [1.54, 1.807) is 42.5 Å². The molecule has 8 heteroatoms. The second-order valence-electron chi connectivity index (χ2n) is 6.55. The maximum Gasteiger partial charge on any atom is 0.261 e. The van der Waals surface area contributed by atoms with Gasteiger partial charge in [-0.15, -0.1) is 12.4 Å². The van der Waals surface area contributed by atoms with Gasteiger partial charge >= 0.3 is 0 Å². The SMILES string of the molecule is CC1CNCCC1NC(=O)c1cccc(NS(=O)(=O)c2ccccc2)c1.Cl. The van der Waals surface area contributed by atoms with E-state index in [-0.39, 0.29) is 29.3 Å². The molecule has 1 aliphatic heterocycles. The molecule has 146 valence electrons. The molecule has 2 atom stereocenters. The number of anilines is 1. The summed E-state index contributed by atoms with van der Waals surface area (Å²) in [6, 6.07) is 14.8. The number of sulfonamides is 1. The van der Waals surface area contributed by atoms with Crippen molar-refractivity contribution in [1.29, 1.82) is 0 Å². The van der Waals surface area contributed by atoms with Crippen LogP contribution in [0.5, 0.6) is 0 Å². The van der Waals surface area contributed by atoms with Gasteiger partial charge in [0.25, 0.3) is 15.9 Å². The molecule has 2 unspecified atom stereocenters. The fraction of sp³-hybridized carbons (Fsp3) is 0.316. The first-order chi connectivity index (χ1) is 12.5. The Hall–Kier alpha value is -2.09. The van der Waals surface area contributed by atoms with E-state index < -0.39 is 10.0 Å². The normalized spacial score (nSPS) is 19.6. The third-order valence-electron chi connectivity index (χ3n) is 4.53. The van der Waals surface area contributed by atoms with Gasteiger partial charge in [0.2, 0.25) is 0 Å². The Labute approximate surface area is 166 Å². The fourth-order valence-corrected chi connectivity index (χ4v) is 4.09. The molecule has 27 heavy (non-hydrogen) atoms. The topological polar surface area (TPSA) is 87.3 Å². The van der Waals surface area contributed by atoms with Crippen LogP contribution in [0.2, 0.25) is 0 Å². The number of amides is 1. The minimum absolute atomic E-state index is 0. The Kier molecular flexibility index (Phi) is 7.24. The predicted molar refractivity (Wildman–Crippen MR) is 109 cm³/mol. The van der Waals surface area contributed by atoms with Crippen molar-refractivity contribution < 1.29 is 13.2 Å². The van der Waals surface area contributed by atoms with Crippen LogP contribution in [0.3, 0.4) is 0 Å². The summed E-state index contributed by atoms with van der Waals surface area (Å²) in [5, 5.41) is 6.35. The standard InChI is InChI=1S/C19H23N3O3S.ClH/c1-14-13-20-11-10-18(14)21-19(23)15-6-5-7-16(12-15)22-26(24,25)17-8-3-2-4-9-17;/h2-9,12,14,18,20,22H,10-11,13H2,1H3,(H,21,23);1H. The summed E-state index contributed by atoms with van der Waals surface area (Å²) < 4.78 is 27.4. The molecule has 2 aromatic carbocycles. The van der Waals surface area contributed by atoms with Gasteiger partial charge in [-0.25, -0.2) is 8.42 Å². The Bertz CT molecular complexity index is 875. The van der Waals surface area contributed by atoms with Gasteiger partial charge in [-0.05, 0) is 55.8 Å². The van der Waals surface area contributed by atoms with E-state index in [0.29, 0.717) is 17.2 Å². The Morgan fingerprint density at radius 3 is 2.56 bits per heavy atom. The quantitative estimate of drug-likeness (QED) is 0.708. The molecule has 1 amide bonds. The number of benzene rings is 2. The monoisotopic (exact) mass is 409 g/mol. The zero-order valence-corrected chi connectivity index (χ0v) is 16.6. The lowest BCUT2D eigenvalue weighted by atomic mass is 9.95. The summed E-state index contributed by atoms with van der Waals surface area (Å²) in [4.78, 5) is 12.7. The number of hydrogen-bond donors (Lipinski definition) is 3. The first kappa shape index (κ1) is 21.2. The zero-order valence-electron chi connectivity index (χ0n) is 15.0. The van der Waals surface area contributed by atoms with Gasteiger partial charge in [-0.1, -0.05) is 31.2 Å². The lowest BCUT2D eigenvalue weighted by Crippen LogP contribution is -2.48. The number of carbonyl (C=O) groups is 1. The van der Waals surface area contributed by atoms with Gasteiger partial charge in [0.1, 0.15) is 0 Å². The second-order valence-corrected chi connectivity index (χ2v) is 8.23. The number of piperidine rings is 1. The van der Waals surface area contributed by atoms with Crippen molar-refractivity contribution in [3.63, 3.8) is 0 Å².